The van der Waals surface area contributed by atoms with E-state index < -0.39 is 0 Å². The highest BCUT2D eigenvalue weighted by Gasteiger charge is 2.05. The van der Waals surface area contributed by atoms with Gasteiger partial charge in [-0.25, -0.2) is 4.39 Å². The second-order valence-electron chi connectivity index (χ2n) is 4.07. The van der Waals surface area contributed by atoms with Crippen molar-refractivity contribution in [1.82, 2.24) is 15.5 Å². The van der Waals surface area contributed by atoms with Gasteiger partial charge in [0.15, 0.2) is 0 Å². The van der Waals surface area contributed by atoms with Gasteiger partial charge in [0.25, 0.3) is 0 Å². The standard InChI is InChI=1S/C13H16FN3S/c1-2-6-15-9-13-17-16-12(18-13)8-10-4-3-5-11(14)7-10/h3-5,7,15H,2,6,8-9H2,1H3. The molecular formula is C13H16FN3S. The van der Waals surface area contributed by atoms with E-state index in [1.807, 2.05) is 6.07 Å². The molecule has 1 aromatic carbocycles. The number of nitrogens with one attached hydrogen (secondary N) is 1. The summed E-state index contributed by atoms with van der Waals surface area (Å²) in [6.07, 6.45) is 1.75. The third-order valence-electron chi connectivity index (χ3n) is 2.46. The molecule has 96 valence electrons. The predicted octanol–water partition coefficient (Wildman–Crippen LogP) is 2.77. The van der Waals surface area contributed by atoms with Gasteiger partial charge in [-0.15, -0.1) is 10.2 Å². The van der Waals surface area contributed by atoms with Gasteiger partial charge in [-0.2, -0.15) is 0 Å². The second kappa shape index (κ2) is 6.56. The van der Waals surface area contributed by atoms with Crippen LogP contribution in [0, 0.1) is 5.82 Å². The van der Waals surface area contributed by atoms with Crippen LogP contribution >= 0.6 is 11.3 Å². The second-order valence-corrected chi connectivity index (χ2v) is 5.22. The summed E-state index contributed by atoms with van der Waals surface area (Å²) in [5.41, 5.74) is 0.930. The first-order valence-electron chi connectivity index (χ1n) is 6.04. The number of halogens is 1. The van der Waals surface area contributed by atoms with E-state index in [9.17, 15) is 4.39 Å². The van der Waals surface area contributed by atoms with Gasteiger partial charge < -0.3 is 5.32 Å². The Morgan fingerprint density at radius 1 is 1.28 bits per heavy atom. The summed E-state index contributed by atoms with van der Waals surface area (Å²) >= 11 is 1.58. The quantitative estimate of drug-likeness (QED) is 0.816. The monoisotopic (exact) mass is 265 g/mol. The van der Waals surface area contributed by atoms with Crippen LogP contribution in [-0.4, -0.2) is 16.7 Å². The van der Waals surface area contributed by atoms with E-state index in [1.165, 1.54) is 12.1 Å². The van der Waals surface area contributed by atoms with Crippen LogP contribution in [-0.2, 0) is 13.0 Å². The van der Waals surface area contributed by atoms with Crippen molar-refractivity contribution >= 4 is 11.3 Å². The fourth-order valence-corrected chi connectivity index (χ4v) is 2.47. The Balaban J connectivity index is 1.94. The van der Waals surface area contributed by atoms with Gasteiger partial charge in [-0.3, -0.25) is 0 Å². The Hall–Kier alpha value is -1.33. The molecule has 0 spiro atoms. The van der Waals surface area contributed by atoms with Gasteiger partial charge in [-0.1, -0.05) is 30.4 Å². The molecule has 1 heterocycles. The lowest BCUT2D eigenvalue weighted by molar-refractivity contribution is 0.626. The zero-order chi connectivity index (χ0) is 12.8. The minimum absolute atomic E-state index is 0.207. The van der Waals surface area contributed by atoms with Crippen LogP contribution in [0.4, 0.5) is 4.39 Å². The number of hydrogen-bond donors (Lipinski definition) is 1. The molecule has 18 heavy (non-hydrogen) atoms. The Bertz CT molecular complexity index is 498. The minimum atomic E-state index is -0.207. The average Bonchev–Trinajstić information content (AvgIpc) is 2.77. The van der Waals surface area contributed by atoms with Crippen molar-refractivity contribution in [2.75, 3.05) is 6.54 Å². The number of aromatic nitrogens is 2. The van der Waals surface area contributed by atoms with Crippen molar-refractivity contribution in [2.24, 2.45) is 0 Å². The lowest BCUT2D eigenvalue weighted by Gasteiger charge is -1.97. The molecule has 3 nitrogen and oxygen atoms in total. The van der Waals surface area contributed by atoms with Crippen molar-refractivity contribution in [1.29, 1.82) is 0 Å². The van der Waals surface area contributed by atoms with Crippen molar-refractivity contribution < 1.29 is 4.39 Å². The van der Waals surface area contributed by atoms with Crippen molar-refractivity contribution in [2.45, 2.75) is 26.3 Å². The Kier molecular flexibility index (Phi) is 4.78. The molecule has 5 heteroatoms. The molecule has 0 aliphatic carbocycles. The molecule has 1 aromatic heterocycles. The first-order chi connectivity index (χ1) is 8.78. The zero-order valence-electron chi connectivity index (χ0n) is 10.3. The molecule has 0 atom stereocenters. The maximum Gasteiger partial charge on any atom is 0.131 e. The van der Waals surface area contributed by atoms with E-state index in [4.69, 9.17) is 0 Å². The summed E-state index contributed by atoms with van der Waals surface area (Å²) in [6, 6.07) is 6.61. The SMILES string of the molecule is CCCNCc1nnc(Cc2cccc(F)c2)s1. The first kappa shape index (κ1) is 13.1. The zero-order valence-corrected chi connectivity index (χ0v) is 11.1. The molecule has 0 aliphatic rings. The van der Waals surface area contributed by atoms with Gasteiger partial charge in [0.05, 0.1) is 0 Å². The van der Waals surface area contributed by atoms with E-state index in [2.05, 4.69) is 22.4 Å². The smallest absolute Gasteiger partial charge is 0.131 e. The van der Waals surface area contributed by atoms with E-state index in [0.717, 1.165) is 35.1 Å². The number of hydrogen-bond acceptors (Lipinski definition) is 4. The maximum absolute atomic E-state index is 13.0. The molecule has 0 aliphatic heterocycles. The molecule has 0 bridgehead atoms. The number of benzene rings is 1. The summed E-state index contributed by atoms with van der Waals surface area (Å²) in [5.74, 6) is -0.207. The number of nitrogens with zero attached hydrogens (tertiary/aromatic N) is 2. The van der Waals surface area contributed by atoms with Crippen molar-refractivity contribution in [3.05, 3.63) is 45.7 Å². The van der Waals surface area contributed by atoms with Crippen LogP contribution in [0.25, 0.3) is 0 Å². The van der Waals surface area contributed by atoms with Gasteiger partial charge >= 0.3 is 0 Å². The number of rotatable bonds is 6. The molecule has 0 saturated carbocycles. The summed E-state index contributed by atoms with van der Waals surface area (Å²) in [6.45, 7) is 3.87. The van der Waals surface area contributed by atoms with E-state index >= 15 is 0 Å². The van der Waals surface area contributed by atoms with Crippen LogP contribution in [0.15, 0.2) is 24.3 Å². The third-order valence-corrected chi connectivity index (χ3v) is 3.38. The van der Waals surface area contributed by atoms with Gasteiger partial charge in [0, 0.05) is 13.0 Å². The lowest BCUT2D eigenvalue weighted by Crippen LogP contribution is -2.13. The van der Waals surface area contributed by atoms with Crippen LogP contribution in [0.3, 0.4) is 0 Å². The fraction of sp³-hybridized carbons (Fsp3) is 0.385. The van der Waals surface area contributed by atoms with Crippen molar-refractivity contribution in [3.63, 3.8) is 0 Å². The molecule has 2 rings (SSSR count). The molecule has 0 saturated heterocycles. The molecule has 2 aromatic rings. The Morgan fingerprint density at radius 3 is 2.89 bits per heavy atom. The van der Waals surface area contributed by atoms with Crippen LogP contribution in [0.1, 0.15) is 28.9 Å². The molecule has 0 unspecified atom stereocenters. The van der Waals surface area contributed by atoms with Crippen LogP contribution < -0.4 is 5.32 Å². The van der Waals surface area contributed by atoms with Crippen molar-refractivity contribution in [3.8, 4) is 0 Å². The van der Waals surface area contributed by atoms with Gasteiger partial charge in [-0.05, 0) is 30.7 Å². The van der Waals surface area contributed by atoms with Crippen LogP contribution in [0.5, 0.6) is 0 Å². The molecule has 0 amide bonds. The fourth-order valence-electron chi connectivity index (χ4n) is 1.62. The lowest BCUT2D eigenvalue weighted by atomic mass is 10.1. The normalized spacial score (nSPS) is 10.8. The summed E-state index contributed by atoms with van der Waals surface area (Å²) < 4.78 is 13.0. The Morgan fingerprint density at radius 2 is 2.11 bits per heavy atom. The summed E-state index contributed by atoms with van der Waals surface area (Å²) in [5, 5.41) is 13.4. The third kappa shape index (κ3) is 3.85. The molecule has 1 N–H and O–H groups in total. The largest absolute Gasteiger partial charge is 0.310 e. The molecule has 0 radical (unpaired) electrons. The van der Waals surface area contributed by atoms with Gasteiger partial charge in [0.2, 0.25) is 0 Å². The Labute approximate surface area is 110 Å². The topological polar surface area (TPSA) is 37.8 Å². The highest BCUT2D eigenvalue weighted by atomic mass is 32.1. The predicted molar refractivity (Wildman–Crippen MR) is 71.1 cm³/mol. The van der Waals surface area contributed by atoms with Crippen LogP contribution in [0.2, 0.25) is 0 Å². The van der Waals surface area contributed by atoms with E-state index in [1.54, 1.807) is 17.4 Å². The maximum atomic E-state index is 13.0. The summed E-state index contributed by atoms with van der Waals surface area (Å²) in [7, 11) is 0. The van der Waals surface area contributed by atoms with Gasteiger partial charge in [0.1, 0.15) is 15.8 Å². The molecule has 0 fully saturated rings. The van der Waals surface area contributed by atoms with E-state index in [-0.39, 0.29) is 5.82 Å². The summed E-state index contributed by atoms with van der Waals surface area (Å²) in [4.78, 5) is 0. The average molecular weight is 265 g/mol. The highest BCUT2D eigenvalue weighted by molar-refractivity contribution is 7.11. The highest BCUT2D eigenvalue weighted by Crippen LogP contribution is 2.15. The van der Waals surface area contributed by atoms with E-state index in [0.29, 0.717) is 6.42 Å². The minimum Gasteiger partial charge on any atom is -0.310 e. The first-order valence-corrected chi connectivity index (χ1v) is 6.86. The molecular weight excluding hydrogens is 249 g/mol.